The molecule has 0 aromatic heterocycles. The van der Waals surface area contributed by atoms with Gasteiger partial charge in [0.1, 0.15) is 0 Å². The van der Waals surface area contributed by atoms with E-state index < -0.39 is 35.3 Å². The molecule has 0 amide bonds. The summed E-state index contributed by atoms with van der Waals surface area (Å²) >= 11 is 1.18. The van der Waals surface area contributed by atoms with Crippen molar-refractivity contribution in [1.82, 2.24) is 0 Å². The second kappa shape index (κ2) is 14.1. The highest BCUT2D eigenvalue weighted by Gasteiger charge is 2.36. The zero-order valence-electron chi connectivity index (χ0n) is 25.4. The molecule has 0 N–H and O–H groups in total. The number of hydrogen-bond donors (Lipinski definition) is 0. The molecule has 7 heteroatoms. The topological polar surface area (TPSA) is 0 Å². The van der Waals surface area contributed by atoms with Crippen LogP contribution in [0.1, 0.15) is 137 Å². The van der Waals surface area contributed by atoms with Gasteiger partial charge in [-0.05, 0) is 72.9 Å². The zero-order valence-corrected chi connectivity index (χ0v) is 26.2. The van der Waals surface area contributed by atoms with Crippen LogP contribution < -0.4 is 0 Å². The van der Waals surface area contributed by atoms with Gasteiger partial charge in [-0.25, -0.2) is 0 Å². The Morgan fingerprint density at radius 2 is 0.930 bits per heavy atom. The third-order valence-electron chi connectivity index (χ3n) is 8.41. The summed E-state index contributed by atoms with van der Waals surface area (Å²) < 4.78 is 85.2. The molecule has 0 radical (unpaired) electrons. The summed E-state index contributed by atoms with van der Waals surface area (Å²) in [6.45, 7) is 6.84. The van der Waals surface area contributed by atoms with Gasteiger partial charge in [-0.1, -0.05) is 102 Å². The Morgan fingerprint density at radius 1 is 0.581 bits per heavy atom. The van der Waals surface area contributed by atoms with Crippen molar-refractivity contribution >= 4 is 11.8 Å². The van der Waals surface area contributed by atoms with E-state index in [1.54, 1.807) is 27.7 Å². The number of rotatable bonds is 4. The second-order valence-corrected chi connectivity index (χ2v) is 13.6. The molecule has 0 spiro atoms. The van der Waals surface area contributed by atoms with Crippen molar-refractivity contribution in [2.45, 2.75) is 126 Å². The van der Waals surface area contributed by atoms with E-state index in [1.165, 1.54) is 23.9 Å². The van der Waals surface area contributed by atoms with Gasteiger partial charge in [-0.2, -0.15) is 26.3 Å². The van der Waals surface area contributed by atoms with Crippen LogP contribution in [0.2, 0.25) is 0 Å². The van der Waals surface area contributed by atoms with Crippen LogP contribution in [0.25, 0.3) is 0 Å². The Balaban J connectivity index is 1.89. The van der Waals surface area contributed by atoms with Gasteiger partial charge in [0.05, 0.1) is 11.1 Å². The van der Waals surface area contributed by atoms with Crippen molar-refractivity contribution in [3.63, 3.8) is 0 Å². The molecular weight excluding hydrogens is 578 g/mol. The van der Waals surface area contributed by atoms with Gasteiger partial charge >= 0.3 is 12.4 Å². The molecule has 2 aliphatic carbocycles. The number of benzene rings is 2. The molecule has 0 heterocycles. The van der Waals surface area contributed by atoms with Crippen molar-refractivity contribution in [3.8, 4) is 23.7 Å². The largest absolute Gasteiger partial charge is 0.416 e. The Bertz CT molecular complexity index is 1290. The normalized spacial score (nSPS) is 17.0. The summed E-state index contributed by atoms with van der Waals surface area (Å²) in [6.07, 6.45) is 1.04. The average Bonchev–Trinajstić information content (AvgIpc) is 2.95. The van der Waals surface area contributed by atoms with E-state index in [2.05, 4.69) is 23.7 Å². The lowest BCUT2D eigenvalue weighted by Crippen LogP contribution is -2.12. The summed E-state index contributed by atoms with van der Waals surface area (Å²) in [5.74, 6) is 12.0. The summed E-state index contributed by atoms with van der Waals surface area (Å²) in [5, 5.41) is 0. The molecule has 2 aromatic rings. The predicted molar refractivity (Wildman–Crippen MR) is 162 cm³/mol. The van der Waals surface area contributed by atoms with E-state index in [4.69, 9.17) is 0 Å². The van der Waals surface area contributed by atoms with Crippen molar-refractivity contribution < 1.29 is 26.3 Å². The van der Waals surface area contributed by atoms with Crippen LogP contribution in [0, 0.1) is 35.5 Å². The third-order valence-corrected chi connectivity index (χ3v) is 9.53. The Kier molecular flexibility index (Phi) is 10.9. The Labute approximate surface area is 256 Å². The monoisotopic (exact) mass is 618 g/mol. The second-order valence-electron chi connectivity index (χ2n) is 12.5. The van der Waals surface area contributed by atoms with Gasteiger partial charge in [-0.3, -0.25) is 0 Å². The number of halogens is 6. The smallest absolute Gasteiger partial charge is 0.166 e. The van der Waals surface area contributed by atoms with Gasteiger partial charge in [0.2, 0.25) is 0 Å². The molecule has 0 atom stereocenters. The molecule has 0 nitrogen and oxygen atoms in total. The first-order chi connectivity index (χ1) is 20.2. The fourth-order valence-electron chi connectivity index (χ4n) is 5.97. The van der Waals surface area contributed by atoms with Crippen LogP contribution in [0.4, 0.5) is 26.3 Å². The molecule has 2 aromatic carbocycles. The van der Waals surface area contributed by atoms with Gasteiger partial charge in [-0.15, -0.1) is 0 Å². The van der Waals surface area contributed by atoms with Gasteiger partial charge in [0.15, 0.2) is 0 Å². The molecule has 2 saturated carbocycles. The van der Waals surface area contributed by atoms with Crippen molar-refractivity contribution in [3.05, 3.63) is 57.6 Å². The van der Waals surface area contributed by atoms with E-state index in [0.29, 0.717) is 9.79 Å². The SMILES string of the molecule is CC(C)c1cc(Sc2cc(C(C)C)c(C(F)(F)F)cc2C#CC2CCCCC2)c(C#CC2CCCCC2)cc1C(F)(F)F. The fourth-order valence-corrected chi connectivity index (χ4v) is 7.02. The zero-order chi connectivity index (χ0) is 31.4. The maximum absolute atomic E-state index is 14.2. The highest BCUT2D eigenvalue weighted by molar-refractivity contribution is 7.99. The van der Waals surface area contributed by atoms with E-state index in [9.17, 15) is 26.3 Å². The standard InChI is InChI=1S/C36H40F6S/c1-23(2)29-21-33(27(19-31(29)35(37,38)39)17-15-25-11-7-5-8-12-25)43-34-22-30(24(3)4)32(36(40,41)42)20-28(34)18-16-26-13-9-6-10-14-26/h19-26H,5-14H2,1-4H3. The molecule has 232 valence electrons. The summed E-state index contributed by atoms with van der Waals surface area (Å²) in [5.41, 5.74) is -0.637. The fraction of sp³-hybridized carbons (Fsp3) is 0.556. The van der Waals surface area contributed by atoms with Crippen LogP contribution in [0.5, 0.6) is 0 Å². The van der Waals surface area contributed by atoms with Crippen molar-refractivity contribution in [1.29, 1.82) is 0 Å². The van der Waals surface area contributed by atoms with E-state index in [0.717, 1.165) is 76.3 Å². The lowest BCUT2D eigenvalue weighted by Gasteiger charge is -2.21. The quantitative estimate of drug-likeness (QED) is 0.243. The molecule has 4 rings (SSSR count). The molecule has 0 aliphatic heterocycles. The third kappa shape index (κ3) is 8.78. The van der Waals surface area contributed by atoms with E-state index in [-0.39, 0.29) is 34.1 Å². The Hall–Kier alpha value is -2.51. The average molecular weight is 619 g/mol. The van der Waals surface area contributed by atoms with E-state index in [1.807, 2.05) is 0 Å². The highest BCUT2D eigenvalue weighted by atomic mass is 32.2. The summed E-state index contributed by atoms with van der Waals surface area (Å²) in [6, 6.07) is 5.34. The predicted octanol–water partition coefficient (Wildman–Crippen LogP) is 12.0. The molecule has 2 aliphatic rings. The molecule has 2 fully saturated rings. The first kappa shape index (κ1) is 33.4. The van der Waals surface area contributed by atoms with Crippen LogP contribution in [0.15, 0.2) is 34.1 Å². The summed E-state index contributed by atoms with van der Waals surface area (Å²) in [7, 11) is 0. The molecular formula is C36H40F6S. The van der Waals surface area contributed by atoms with E-state index >= 15 is 0 Å². The number of hydrogen-bond acceptors (Lipinski definition) is 1. The summed E-state index contributed by atoms with van der Waals surface area (Å²) in [4.78, 5) is 1.02. The lowest BCUT2D eigenvalue weighted by molar-refractivity contribution is -0.139. The molecule has 0 unspecified atom stereocenters. The lowest BCUT2D eigenvalue weighted by atomic mass is 9.89. The highest BCUT2D eigenvalue weighted by Crippen LogP contribution is 2.44. The van der Waals surface area contributed by atoms with Gasteiger partial charge < -0.3 is 0 Å². The maximum Gasteiger partial charge on any atom is 0.416 e. The maximum atomic E-state index is 14.2. The minimum absolute atomic E-state index is 0.126. The first-order valence-electron chi connectivity index (χ1n) is 15.4. The molecule has 43 heavy (non-hydrogen) atoms. The minimum atomic E-state index is -4.56. The van der Waals surface area contributed by atoms with Gasteiger partial charge in [0, 0.05) is 32.8 Å². The van der Waals surface area contributed by atoms with Gasteiger partial charge in [0.25, 0.3) is 0 Å². The number of alkyl halides is 6. The van der Waals surface area contributed by atoms with Crippen molar-refractivity contribution in [2.24, 2.45) is 11.8 Å². The molecule has 0 saturated heterocycles. The van der Waals surface area contributed by atoms with Crippen LogP contribution in [-0.2, 0) is 12.4 Å². The van der Waals surface area contributed by atoms with Crippen LogP contribution >= 0.6 is 11.8 Å². The minimum Gasteiger partial charge on any atom is -0.166 e. The van der Waals surface area contributed by atoms with Crippen LogP contribution in [0.3, 0.4) is 0 Å². The van der Waals surface area contributed by atoms with Crippen molar-refractivity contribution in [2.75, 3.05) is 0 Å². The first-order valence-corrected chi connectivity index (χ1v) is 16.3. The van der Waals surface area contributed by atoms with Crippen LogP contribution in [-0.4, -0.2) is 0 Å². The molecule has 0 bridgehead atoms. The Morgan fingerprint density at radius 3 is 1.23 bits per heavy atom.